The van der Waals surface area contributed by atoms with Gasteiger partial charge < -0.3 is 15.8 Å². The average Bonchev–Trinajstić information content (AvgIpc) is 2.77. The summed E-state index contributed by atoms with van der Waals surface area (Å²) in [6.07, 6.45) is 1.20. The summed E-state index contributed by atoms with van der Waals surface area (Å²) in [5.74, 6) is -0.0712. The lowest BCUT2D eigenvalue weighted by Gasteiger charge is -2.25. The third-order valence-electron chi connectivity index (χ3n) is 3.21. The van der Waals surface area contributed by atoms with E-state index in [0.29, 0.717) is 6.54 Å². The highest BCUT2D eigenvalue weighted by atomic mass is 19.3. The number of amides is 1. The Kier molecular flexibility index (Phi) is 5.77. The maximum atomic E-state index is 11.9. The minimum absolute atomic E-state index is 0.0712. The molecule has 0 aliphatic heterocycles. The second-order valence-electron chi connectivity index (χ2n) is 4.41. The van der Waals surface area contributed by atoms with Crippen molar-refractivity contribution in [3.05, 3.63) is 0 Å². The van der Waals surface area contributed by atoms with E-state index in [-0.39, 0.29) is 19.1 Å². The van der Waals surface area contributed by atoms with Crippen molar-refractivity contribution >= 4 is 5.91 Å². The van der Waals surface area contributed by atoms with Gasteiger partial charge in [0.05, 0.1) is 12.0 Å². The Labute approximate surface area is 99.9 Å². The first kappa shape index (κ1) is 14.3. The molecule has 0 atom stereocenters. The minimum Gasteiger partial charge on any atom is -0.374 e. The molecule has 0 spiro atoms. The molecule has 100 valence electrons. The summed E-state index contributed by atoms with van der Waals surface area (Å²) in [7, 11) is 0. The van der Waals surface area contributed by atoms with Gasteiger partial charge in [0, 0.05) is 13.1 Å². The van der Waals surface area contributed by atoms with Crippen LogP contribution in [0.2, 0.25) is 0 Å². The Morgan fingerprint density at radius 1 is 1.41 bits per heavy atom. The van der Waals surface area contributed by atoms with Crippen LogP contribution in [0.1, 0.15) is 25.7 Å². The van der Waals surface area contributed by atoms with E-state index in [1.54, 1.807) is 0 Å². The standard InChI is InChI=1S/C11H20F2N2O2/c12-9(13)7-17-6-5-15-10(16)11(8-14)3-1-2-4-11/h9H,1-8,14H2,(H,15,16). The van der Waals surface area contributed by atoms with Gasteiger partial charge in [-0.2, -0.15) is 0 Å². The number of halogens is 2. The number of ether oxygens (including phenoxy) is 1. The molecule has 0 heterocycles. The molecule has 0 saturated heterocycles. The summed E-state index contributed by atoms with van der Waals surface area (Å²) >= 11 is 0. The lowest BCUT2D eigenvalue weighted by atomic mass is 9.85. The molecule has 6 heteroatoms. The lowest BCUT2D eigenvalue weighted by molar-refractivity contribution is -0.130. The van der Waals surface area contributed by atoms with Gasteiger partial charge in [0.25, 0.3) is 6.43 Å². The Hall–Kier alpha value is -0.750. The van der Waals surface area contributed by atoms with Crippen molar-refractivity contribution in [2.45, 2.75) is 32.1 Å². The molecule has 0 aromatic rings. The Balaban J connectivity index is 2.20. The summed E-state index contributed by atoms with van der Waals surface area (Å²) in [4.78, 5) is 11.9. The third kappa shape index (κ3) is 4.20. The summed E-state index contributed by atoms with van der Waals surface area (Å²) < 4.78 is 28.2. The number of hydrogen-bond donors (Lipinski definition) is 2. The molecule has 0 aromatic carbocycles. The Morgan fingerprint density at radius 3 is 2.59 bits per heavy atom. The molecule has 1 fully saturated rings. The van der Waals surface area contributed by atoms with Crippen LogP contribution in [0.25, 0.3) is 0 Å². The summed E-state index contributed by atoms with van der Waals surface area (Å²) in [6, 6.07) is 0. The second kappa shape index (κ2) is 6.86. The second-order valence-corrected chi connectivity index (χ2v) is 4.41. The molecule has 4 nitrogen and oxygen atoms in total. The molecule has 0 aromatic heterocycles. The number of rotatable bonds is 7. The van der Waals surface area contributed by atoms with E-state index >= 15 is 0 Å². The van der Waals surface area contributed by atoms with E-state index in [2.05, 4.69) is 10.1 Å². The van der Waals surface area contributed by atoms with E-state index in [1.165, 1.54) is 0 Å². The number of carbonyl (C=O) groups is 1. The molecule has 0 bridgehead atoms. The van der Waals surface area contributed by atoms with E-state index < -0.39 is 18.4 Å². The number of nitrogens with one attached hydrogen (secondary N) is 1. The Morgan fingerprint density at radius 2 is 2.06 bits per heavy atom. The maximum Gasteiger partial charge on any atom is 0.261 e. The monoisotopic (exact) mass is 250 g/mol. The van der Waals surface area contributed by atoms with Crippen LogP contribution in [0.4, 0.5) is 8.78 Å². The van der Waals surface area contributed by atoms with Crippen LogP contribution in [0.3, 0.4) is 0 Å². The van der Waals surface area contributed by atoms with Gasteiger partial charge in [-0.15, -0.1) is 0 Å². The molecule has 0 unspecified atom stereocenters. The SMILES string of the molecule is NCC1(C(=O)NCCOCC(F)F)CCCC1. The summed E-state index contributed by atoms with van der Waals surface area (Å²) in [5, 5.41) is 2.70. The summed E-state index contributed by atoms with van der Waals surface area (Å²) in [6.45, 7) is 0.124. The highest BCUT2D eigenvalue weighted by molar-refractivity contribution is 5.83. The van der Waals surface area contributed by atoms with Gasteiger partial charge >= 0.3 is 0 Å². The molecule has 1 aliphatic carbocycles. The van der Waals surface area contributed by atoms with Crippen LogP contribution >= 0.6 is 0 Å². The van der Waals surface area contributed by atoms with Gasteiger partial charge in [0.1, 0.15) is 6.61 Å². The molecule has 1 saturated carbocycles. The van der Waals surface area contributed by atoms with Gasteiger partial charge in [-0.3, -0.25) is 4.79 Å². The molecule has 17 heavy (non-hydrogen) atoms. The van der Waals surface area contributed by atoms with Crippen molar-refractivity contribution in [3.8, 4) is 0 Å². The van der Waals surface area contributed by atoms with Crippen molar-refractivity contribution in [1.29, 1.82) is 0 Å². The van der Waals surface area contributed by atoms with Crippen LogP contribution in [-0.4, -0.2) is 38.6 Å². The number of nitrogens with two attached hydrogens (primary N) is 1. The fourth-order valence-corrected chi connectivity index (χ4v) is 2.17. The van der Waals surface area contributed by atoms with Gasteiger partial charge in [0.15, 0.2) is 0 Å². The molecule has 1 rings (SSSR count). The predicted molar refractivity (Wildman–Crippen MR) is 59.8 cm³/mol. The highest BCUT2D eigenvalue weighted by Crippen LogP contribution is 2.37. The molecular formula is C11H20F2N2O2. The normalized spacial score (nSPS) is 18.6. The zero-order valence-corrected chi connectivity index (χ0v) is 9.88. The fourth-order valence-electron chi connectivity index (χ4n) is 2.17. The first-order chi connectivity index (χ1) is 8.10. The maximum absolute atomic E-state index is 11.9. The first-order valence-corrected chi connectivity index (χ1v) is 5.95. The largest absolute Gasteiger partial charge is 0.374 e. The molecule has 1 aliphatic rings. The zero-order valence-electron chi connectivity index (χ0n) is 9.88. The van der Waals surface area contributed by atoms with Crippen molar-refractivity contribution in [3.63, 3.8) is 0 Å². The van der Waals surface area contributed by atoms with Crippen LogP contribution in [0.5, 0.6) is 0 Å². The quantitative estimate of drug-likeness (QED) is 0.660. The molecule has 1 amide bonds. The number of carbonyl (C=O) groups excluding carboxylic acids is 1. The van der Waals surface area contributed by atoms with Crippen molar-refractivity contribution in [2.24, 2.45) is 11.1 Å². The number of alkyl halides is 2. The van der Waals surface area contributed by atoms with Gasteiger partial charge in [-0.25, -0.2) is 8.78 Å². The van der Waals surface area contributed by atoms with Crippen molar-refractivity contribution in [2.75, 3.05) is 26.3 Å². The molecule has 3 N–H and O–H groups in total. The predicted octanol–water partition coefficient (Wildman–Crippen LogP) is 0.903. The van der Waals surface area contributed by atoms with Crippen molar-refractivity contribution in [1.82, 2.24) is 5.32 Å². The smallest absolute Gasteiger partial charge is 0.261 e. The van der Waals surface area contributed by atoms with E-state index in [4.69, 9.17) is 5.73 Å². The third-order valence-corrected chi connectivity index (χ3v) is 3.21. The van der Waals surface area contributed by atoms with Gasteiger partial charge in [-0.1, -0.05) is 12.8 Å². The van der Waals surface area contributed by atoms with Crippen LogP contribution in [-0.2, 0) is 9.53 Å². The fraction of sp³-hybridized carbons (Fsp3) is 0.909. The van der Waals surface area contributed by atoms with Gasteiger partial charge in [0.2, 0.25) is 5.91 Å². The Bertz CT molecular complexity index is 244. The van der Waals surface area contributed by atoms with Crippen molar-refractivity contribution < 1.29 is 18.3 Å². The van der Waals surface area contributed by atoms with Crippen LogP contribution < -0.4 is 11.1 Å². The lowest BCUT2D eigenvalue weighted by Crippen LogP contribution is -2.45. The first-order valence-electron chi connectivity index (χ1n) is 5.95. The van der Waals surface area contributed by atoms with E-state index in [1.807, 2.05) is 0 Å². The van der Waals surface area contributed by atoms with E-state index in [9.17, 15) is 13.6 Å². The van der Waals surface area contributed by atoms with E-state index in [0.717, 1.165) is 25.7 Å². The zero-order chi connectivity index (χ0) is 12.7. The topological polar surface area (TPSA) is 64.4 Å². The van der Waals surface area contributed by atoms with Gasteiger partial charge in [-0.05, 0) is 12.8 Å². The average molecular weight is 250 g/mol. The molecular weight excluding hydrogens is 230 g/mol. The highest BCUT2D eigenvalue weighted by Gasteiger charge is 2.39. The molecule has 0 radical (unpaired) electrons. The van der Waals surface area contributed by atoms with Crippen LogP contribution in [0, 0.1) is 5.41 Å². The summed E-state index contributed by atoms with van der Waals surface area (Å²) in [5.41, 5.74) is 5.21. The van der Waals surface area contributed by atoms with Crippen LogP contribution in [0.15, 0.2) is 0 Å². The number of hydrogen-bond acceptors (Lipinski definition) is 3. The minimum atomic E-state index is -2.46.